The SMILES string of the molecule is CC(C)c1ccc(C(=O)O)cc1N1CCC(F)(F)C1. The molecule has 1 aliphatic heterocycles. The van der Waals surface area contributed by atoms with Gasteiger partial charge in [0.25, 0.3) is 5.92 Å². The second kappa shape index (κ2) is 4.79. The maximum atomic E-state index is 13.3. The van der Waals surface area contributed by atoms with Crippen LogP contribution < -0.4 is 4.90 Å². The molecule has 104 valence electrons. The third kappa shape index (κ3) is 2.85. The number of nitrogens with zero attached hydrogens (tertiary/aromatic N) is 1. The predicted molar refractivity (Wildman–Crippen MR) is 69.3 cm³/mol. The van der Waals surface area contributed by atoms with Gasteiger partial charge in [0.1, 0.15) is 0 Å². The predicted octanol–water partition coefficient (Wildman–Crippen LogP) is 3.35. The zero-order valence-electron chi connectivity index (χ0n) is 11.0. The number of carbonyl (C=O) groups is 1. The molecule has 1 aliphatic rings. The molecule has 0 aromatic heterocycles. The lowest BCUT2D eigenvalue weighted by Gasteiger charge is -2.24. The second-order valence-electron chi connectivity index (χ2n) is 5.26. The Kier molecular flexibility index (Phi) is 3.47. The van der Waals surface area contributed by atoms with E-state index in [-0.39, 0.29) is 31.0 Å². The van der Waals surface area contributed by atoms with Gasteiger partial charge >= 0.3 is 5.97 Å². The molecule has 1 fully saturated rings. The summed E-state index contributed by atoms with van der Waals surface area (Å²) < 4.78 is 26.6. The third-order valence-electron chi connectivity index (χ3n) is 3.41. The van der Waals surface area contributed by atoms with Crippen LogP contribution >= 0.6 is 0 Å². The molecule has 0 spiro atoms. The van der Waals surface area contributed by atoms with E-state index in [9.17, 15) is 13.6 Å². The zero-order valence-corrected chi connectivity index (χ0v) is 11.0. The minimum atomic E-state index is -2.69. The van der Waals surface area contributed by atoms with Gasteiger partial charge in [-0.1, -0.05) is 19.9 Å². The highest BCUT2D eigenvalue weighted by molar-refractivity contribution is 5.89. The average Bonchev–Trinajstić information content (AvgIpc) is 2.68. The Bertz CT molecular complexity index is 500. The summed E-state index contributed by atoms with van der Waals surface area (Å²) >= 11 is 0. The van der Waals surface area contributed by atoms with E-state index in [0.29, 0.717) is 5.69 Å². The number of carboxylic acids is 1. The largest absolute Gasteiger partial charge is 0.478 e. The summed E-state index contributed by atoms with van der Waals surface area (Å²) in [6.45, 7) is 3.85. The fourth-order valence-corrected chi connectivity index (χ4v) is 2.38. The molecule has 0 amide bonds. The van der Waals surface area contributed by atoms with Crippen molar-refractivity contribution in [3.05, 3.63) is 29.3 Å². The van der Waals surface area contributed by atoms with E-state index in [1.54, 1.807) is 11.0 Å². The smallest absolute Gasteiger partial charge is 0.335 e. The lowest BCUT2D eigenvalue weighted by molar-refractivity contribution is 0.0257. The van der Waals surface area contributed by atoms with Crippen LogP contribution in [0.25, 0.3) is 0 Å². The van der Waals surface area contributed by atoms with E-state index in [2.05, 4.69) is 0 Å². The Morgan fingerprint density at radius 3 is 2.58 bits per heavy atom. The molecule has 2 rings (SSSR count). The number of aromatic carboxylic acids is 1. The first-order valence-corrected chi connectivity index (χ1v) is 6.30. The van der Waals surface area contributed by atoms with Crippen molar-refractivity contribution in [2.75, 3.05) is 18.0 Å². The normalized spacial score (nSPS) is 18.1. The number of anilines is 1. The summed E-state index contributed by atoms with van der Waals surface area (Å²) in [5.74, 6) is -3.57. The van der Waals surface area contributed by atoms with Crippen LogP contribution in [0.2, 0.25) is 0 Å². The Hall–Kier alpha value is -1.65. The molecule has 1 N–H and O–H groups in total. The van der Waals surface area contributed by atoms with Crippen LogP contribution in [0.5, 0.6) is 0 Å². The lowest BCUT2D eigenvalue weighted by atomic mass is 9.98. The van der Waals surface area contributed by atoms with Crippen LogP contribution in [0.4, 0.5) is 14.5 Å². The minimum absolute atomic E-state index is 0.134. The first-order valence-electron chi connectivity index (χ1n) is 6.30. The van der Waals surface area contributed by atoms with E-state index in [0.717, 1.165) is 5.56 Å². The Labute approximate surface area is 110 Å². The first kappa shape index (κ1) is 13.8. The summed E-state index contributed by atoms with van der Waals surface area (Å²) in [7, 11) is 0. The van der Waals surface area contributed by atoms with Gasteiger partial charge in [-0.05, 0) is 23.6 Å². The van der Waals surface area contributed by atoms with Crippen molar-refractivity contribution in [1.82, 2.24) is 0 Å². The van der Waals surface area contributed by atoms with Crippen molar-refractivity contribution >= 4 is 11.7 Å². The molecule has 0 saturated carbocycles. The van der Waals surface area contributed by atoms with E-state index in [1.165, 1.54) is 12.1 Å². The van der Waals surface area contributed by atoms with Crippen molar-refractivity contribution in [3.8, 4) is 0 Å². The minimum Gasteiger partial charge on any atom is -0.478 e. The van der Waals surface area contributed by atoms with Crippen LogP contribution in [0.1, 0.15) is 42.1 Å². The van der Waals surface area contributed by atoms with Crippen LogP contribution in [-0.2, 0) is 0 Å². The molecule has 1 aromatic rings. The standard InChI is InChI=1S/C14H17F2NO2/c1-9(2)11-4-3-10(13(18)19)7-12(11)17-6-5-14(15,16)8-17/h3-4,7,9H,5-6,8H2,1-2H3,(H,18,19). The van der Waals surface area contributed by atoms with Crippen molar-refractivity contribution in [3.63, 3.8) is 0 Å². The van der Waals surface area contributed by atoms with Crippen molar-refractivity contribution in [2.24, 2.45) is 0 Å². The number of carboxylic acid groups (broad SMARTS) is 1. The summed E-state index contributed by atoms with van der Waals surface area (Å²) in [6.07, 6.45) is -0.179. The van der Waals surface area contributed by atoms with Crippen molar-refractivity contribution in [1.29, 1.82) is 0 Å². The number of hydrogen-bond acceptors (Lipinski definition) is 2. The molecule has 3 nitrogen and oxygen atoms in total. The van der Waals surface area contributed by atoms with Gasteiger partial charge in [0, 0.05) is 18.7 Å². The molecule has 1 heterocycles. The van der Waals surface area contributed by atoms with Crippen molar-refractivity contribution < 1.29 is 18.7 Å². The molecular formula is C14H17F2NO2. The van der Waals surface area contributed by atoms with Crippen molar-refractivity contribution in [2.45, 2.75) is 32.1 Å². The van der Waals surface area contributed by atoms with Gasteiger partial charge in [-0.2, -0.15) is 0 Å². The first-order chi connectivity index (χ1) is 8.80. The average molecular weight is 269 g/mol. The number of hydrogen-bond donors (Lipinski definition) is 1. The van der Waals surface area contributed by atoms with E-state index in [1.807, 2.05) is 13.8 Å². The highest BCUT2D eigenvalue weighted by atomic mass is 19.3. The molecule has 0 atom stereocenters. The highest BCUT2D eigenvalue weighted by Crippen LogP contribution is 2.35. The van der Waals surface area contributed by atoms with Gasteiger partial charge < -0.3 is 10.0 Å². The fourth-order valence-electron chi connectivity index (χ4n) is 2.38. The fraction of sp³-hybridized carbons (Fsp3) is 0.500. The molecule has 0 radical (unpaired) electrons. The molecule has 0 unspecified atom stereocenters. The Morgan fingerprint density at radius 1 is 1.42 bits per heavy atom. The second-order valence-corrected chi connectivity index (χ2v) is 5.26. The molecule has 5 heteroatoms. The van der Waals surface area contributed by atoms with Gasteiger partial charge in [-0.15, -0.1) is 0 Å². The molecule has 19 heavy (non-hydrogen) atoms. The van der Waals surface area contributed by atoms with Gasteiger partial charge in [-0.25, -0.2) is 13.6 Å². The van der Waals surface area contributed by atoms with Crippen LogP contribution in [-0.4, -0.2) is 30.1 Å². The molecular weight excluding hydrogens is 252 g/mol. The number of rotatable bonds is 3. The maximum absolute atomic E-state index is 13.3. The topological polar surface area (TPSA) is 40.5 Å². The monoisotopic (exact) mass is 269 g/mol. The number of alkyl halides is 2. The van der Waals surface area contributed by atoms with E-state index in [4.69, 9.17) is 5.11 Å². The quantitative estimate of drug-likeness (QED) is 0.914. The number of halogens is 2. The van der Waals surface area contributed by atoms with Gasteiger partial charge in [0.15, 0.2) is 0 Å². The number of benzene rings is 1. The molecule has 0 aliphatic carbocycles. The lowest BCUT2D eigenvalue weighted by Crippen LogP contribution is -2.26. The zero-order chi connectivity index (χ0) is 14.2. The van der Waals surface area contributed by atoms with Gasteiger partial charge in [0.2, 0.25) is 0 Å². The van der Waals surface area contributed by atoms with Gasteiger partial charge in [-0.3, -0.25) is 0 Å². The Morgan fingerprint density at radius 2 is 2.11 bits per heavy atom. The van der Waals surface area contributed by atoms with E-state index >= 15 is 0 Å². The maximum Gasteiger partial charge on any atom is 0.335 e. The molecule has 1 saturated heterocycles. The summed E-state index contributed by atoms with van der Waals surface area (Å²) in [6, 6.07) is 4.74. The van der Waals surface area contributed by atoms with Crippen LogP contribution in [0, 0.1) is 0 Å². The van der Waals surface area contributed by atoms with Crippen LogP contribution in [0.15, 0.2) is 18.2 Å². The molecule has 0 bridgehead atoms. The summed E-state index contributed by atoms with van der Waals surface area (Å²) in [5, 5.41) is 9.02. The molecule has 1 aromatic carbocycles. The Balaban J connectivity index is 2.41. The highest BCUT2D eigenvalue weighted by Gasteiger charge is 2.39. The summed E-state index contributed by atoms with van der Waals surface area (Å²) in [5.41, 5.74) is 1.66. The van der Waals surface area contributed by atoms with Crippen LogP contribution in [0.3, 0.4) is 0 Å². The van der Waals surface area contributed by atoms with E-state index < -0.39 is 11.9 Å². The van der Waals surface area contributed by atoms with Gasteiger partial charge in [0.05, 0.1) is 12.1 Å². The third-order valence-corrected chi connectivity index (χ3v) is 3.41. The summed E-state index contributed by atoms with van der Waals surface area (Å²) in [4.78, 5) is 12.6.